The van der Waals surface area contributed by atoms with Crippen LogP contribution in [0.5, 0.6) is 0 Å². The lowest BCUT2D eigenvalue weighted by Crippen LogP contribution is -2.55. The lowest BCUT2D eigenvalue weighted by molar-refractivity contribution is -0.139. The first-order chi connectivity index (χ1) is 7.81. The fourth-order valence-electron chi connectivity index (χ4n) is 2.28. The van der Waals surface area contributed by atoms with Gasteiger partial charge in [-0.1, -0.05) is 0 Å². The maximum absolute atomic E-state index is 12.1. The monoisotopic (exact) mass is 264 g/mol. The molecule has 0 aromatic rings. The summed E-state index contributed by atoms with van der Waals surface area (Å²) >= 11 is 0. The van der Waals surface area contributed by atoms with Crippen molar-refractivity contribution in [1.82, 2.24) is 10.2 Å². The molecule has 0 spiro atoms. The Balaban J connectivity index is 0.00000144. The van der Waals surface area contributed by atoms with Gasteiger partial charge < -0.3 is 19.7 Å². The average molecular weight is 265 g/mol. The van der Waals surface area contributed by atoms with Crippen LogP contribution in [0, 0.1) is 0 Å². The van der Waals surface area contributed by atoms with E-state index in [9.17, 15) is 4.79 Å². The fraction of sp³-hybridized carbons (Fsp3) is 0.909. The number of halogens is 1. The van der Waals surface area contributed by atoms with E-state index in [-0.39, 0.29) is 30.5 Å². The number of ether oxygens (including phenoxy) is 2. The van der Waals surface area contributed by atoms with Crippen molar-refractivity contribution in [1.29, 1.82) is 0 Å². The number of rotatable bonds is 2. The van der Waals surface area contributed by atoms with Crippen molar-refractivity contribution in [3.05, 3.63) is 0 Å². The SMILES string of the molecule is COC1CCCN(C(=O)C2COCCN2)C1.Cl. The summed E-state index contributed by atoms with van der Waals surface area (Å²) in [5.41, 5.74) is 0. The highest BCUT2D eigenvalue weighted by Gasteiger charge is 2.29. The summed E-state index contributed by atoms with van der Waals surface area (Å²) in [7, 11) is 1.71. The predicted octanol–water partition coefficient (Wildman–Crippen LogP) is 0.0340. The van der Waals surface area contributed by atoms with Gasteiger partial charge in [0.25, 0.3) is 0 Å². The molecule has 6 heteroatoms. The van der Waals surface area contributed by atoms with Gasteiger partial charge in [0.15, 0.2) is 0 Å². The standard InChI is InChI=1S/C11H20N2O3.ClH/c1-15-9-3-2-5-13(7-9)11(14)10-8-16-6-4-12-10;/h9-10,12H,2-8H2,1H3;1H. The molecule has 100 valence electrons. The van der Waals surface area contributed by atoms with Crippen LogP contribution in [0.15, 0.2) is 0 Å². The van der Waals surface area contributed by atoms with Gasteiger partial charge in [-0.05, 0) is 12.8 Å². The van der Waals surface area contributed by atoms with Crippen LogP contribution in [-0.2, 0) is 14.3 Å². The van der Waals surface area contributed by atoms with Crippen molar-refractivity contribution in [2.75, 3.05) is 40.0 Å². The van der Waals surface area contributed by atoms with Crippen LogP contribution in [0.1, 0.15) is 12.8 Å². The first-order valence-corrected chi connectivity index (χ1v) is 5.94. The van der Waals surface area contributed by atoms with Crippen molar-refractivity contribution < 1.29 is 14.3 Å². The molecule has 0 bridgehead atoms. The van der Waals surface area contributed by atoms with Crippen LogP contribution < -0.4 is 5.32 Å². The van der Waals surface area contributed by atoms with Crippen molar-refractivity contribution in [3.8, 4) is 0 Å². The third-order valence-electron chi connectivity index (χ3n) is 3.24. The van der Waals surface area contributed by atoms with Crippen LogP contribution in [-0.4, -0.2) is 62.9 Å². The van der Waals surface area contributed by atoms with Crippen LogP contribution in [0.4, 0.5) is 0 Å². The molecule has 2 atom stereocenters. The van der Waals surface area contributed by atoms with E-state index in [4.69, 9.17) is 9.47 Å². The van der Waals surface area contributed by atoms with Gasteiger partial charge in [0.1, 0.15) is 6.04 Å². The Kier molecular flexibility index (Phi) is 6.19. The zero-order valence-corrected chi connectivity index (χ0v) is 11.0. The molecule has 0 radical (unpaired) electrons. The van der Waals surface area contributed by atoms with Crippen LogP contribution in [0.25, 0.3) is 0 Å². The van der Waals surface area contributed by atoms with Gasteiger partial charge in [0.2, 0.25) is 5.91 Å². The molecule has 0 aliphatic carbocycles. The molecule has 5 nitrogen and oxygen atoms in total. The van der Waals surface area contributed by atoms with Gasteiger partial charge in [-0.15, -0.1) is 12.4 Å². The minimum Gasteiger partial charge on any atom is -0.380 e. The molecule has 0 aromatic heterocycles. The quantitative estimate of drug-likeness (QED) is 0.765. The van der Waals surface area contributed by atoms with E-state index >= 15 is 0 Å². The number of likely N-dealkylation sites (tertiary alicyclic amines) is 1. The summed E-state index contributed by atoms with van der Waals surface area (Å²) in [4.78, 5) is 14.0. The smallest absolute Gasteiger partial charge is 0.242 e. The molecule has 2 unspecified atom stereocenters. The van der Waals surface area contributed by atoms with Gasteiger partial charge in [0, 0.05) is 26.7 Å². The van der Waals surface area contributed by atoms with E-state index in [1.54, 1.807) is 7.11 Å². The highest BCUT2D eigenvalue weighted by molar-refractivity contribution is 5.85. The van der Waals surface area contributed by atoms with E-state index in [0.29, 0.717) is 19.8 Å². The van der Waals surface area contributed by atoms with Crippen molar-refractivity contribution in [2.45, 2.75) is 25.0 Å². The number of amides is 1. The zero-order chi connectivity index (χ0) is 11.4. The molecule has 2 heterocycles. The Bertz CT molecular complexity index is 247. The largest absolute Gasteiger partial charge is 0.380 e. The molecule has 0 saturated carbocycles. The molecular formula is C11H21ClN2O3. The molecule has 2 aliphatic rings. The zero-order valence-electron chi connectivity index (χ0n) is 10.2. The van der Waals surface area contributed by atoms with E-state index in [0.717, 1.165) is 25.9 Å². The third kappa shape index (κ3) is 3.81. The minimum absolute atomic E-state index is 0. The lowest BCUT2D eigenvalue weighted by Gasteiger charge is -2.35. The molecule has 2 fully saturated rings. The molecule has 2 rings (SSSR count). The lowest BCUT2D eigenvalue weighted by atomic mass is 10.1. The maximum Gasteiger partial charge on any atom is 0.242 e. The number of nitrogens with one attached hydrogen (secondary N) is 1. The normalized spacial score (nSPS) is 29.6. The van der Waals surface area contributed by atoms with E-state index in [1.807, 2.05) is 4.90 Å². The van der Waals surface area contributed by atoms with Gasteiger partial charge in [-0.25, -0.2) is 0 Å². The summed E-state index contributed by atoms with van der Waals surface area (Å²) in [5, 5.41) is 3.19. The molecule has 2 saturated heterocycles. The summed E-state index contributed by atoms with van der Waals surface area (Å²) in [6.07, 6.45) is 2.27. The molecule has 17 heavy (non-hydrogen) atoms. The van der Waals surface area contributed by atoms with Crippen LogP contribution in [0.2, 0.25) is 0 Å². The molecular weight excluding hydrogens is 244 g/mol. The Morgan fingerprint density at radius 1 is 1.53 bits per heavy atom. The van der Waals surface area contributed by atoms with E-state index in [2.05, 4.69) is 5.32 Å². The predicted molar refractivity (Wildman–Crippen MR) is 66.5 cm³/mol. The number of nitrogens with zero attached hydrogens (tertiary/aromatic N) is 1. The Labute approximate surface area is 108 Å². The number of methoxy groups -OCH3 is 1. The summed E-state index contributed by atoms with van der Waals surface area (Å²) < 4.78 is 10.6. The highest BCUT2D eigenvalue weighted by Crippen LogP contribution is 2.14. The first kappa shape index (κ1) is 14.7. The second kappa shape index (κ2) is 7.16. The number of hydrogen-bond acceptors (Lipinski definition) is 4. The summed E-state index contributed by atoms with van der Waals surface area (Å²) in [5.74, 6) is 0.154. The molecule has 1 amide bonds. The second-order valence-electron chi connectivity index (χ2n) is 4.37. The second-order valence-corrected chi connectivity index (χ2v) is 4.37. The highest BCUT2D eigenvalue weighted by atomic mass is 35.5. The topological polar surface area (TPSA) is 50.8 Å². The average Bonchev–Trinajstić information content (AvgIpc) is 2.39. The third-order valence-corrected chi connectivity index (χ3v) is 3.24. The Morgan fingerprint density at radius 2 is 2.35 bits per heavy atom. The first-order valence-electron chi connectivity index (χ1n) is 5.94. The fourth-order valence-corrected chi connectivity index (χ4v) is 2.28. The maximum atomic E-state index is 12.1. The van der Waals surface area contributed by atoms with Gasteiger partial charge in [-0.3, -0.25) is 4.79 Å². The number of piperidine rings is 1. The van der Waals surface area contributed by atoms with E-state index < -0.39 is 0 Å². The van der Waals surface area contributed by atoms with Crippen molar-refractivity contribution in [2.24, 2.45) is 0 Å². The van der Waals surface area contributed by atoms with Crippen molar-refractivity contribution in [3.63, 3.8) is 0 Å². The molecule has 2 aliphatic heterocycles. The van der Waals surface area contributed by atoms with Gasteiger partial charge >= 0.3 is 0 Å². The Morgan fingerprint density at radius 3 is 3.00 bits per heavy atom. The van der Waals surface area contributed by atoms with Gasteiger partial charge in [0.05, 0.1) is 19.3 Å². The van der Waals surface area contributed by atoms with Gasteiger partial charge in [-0.2, -0.15) is 0 Å². The van der Waals surface area contributed by atoms with Crippen LogP contribution >= 0.6 is 12.4 Å². The number of hydrogen-bond donors (Lipinski definition) is 1. The summed E-state index contributed by atoms with van der Waals surface area (Å²) in [6, 6.07) is -0.163. The summed E-state index contributed by atoms with van der Waals surface area (Å²) in [6.45, 7) is 3.51. The minimum atomic E-state index is -0.163. The molecule has 1 N–H and O–H groups in total. The number of carbonyl (C=O) groups excluding carboxylic acids is 1. The number of morpholine rings is 1. The number of carbonyl (C=O) groups is 1. The van der Waals surface area contributed by atoms with Crippen molar-refractivity contribution >= 4 is 18.3 Å². The molecule has 0 aromatic carbocycles. The van der Waals surface area contributed by atoms with Crippen LogP contribution in [0.3, 0.4) is 0 Å². The Hall–Kier alpha value is -0.360. The van der Waals surface area contributed by atoms with E-state index in [1.165, 1.54) is 0 Å².